The van der Waals surface area contributed by atoms with Crippen molar-refractivity contribution in [1.29, 1.82) is 0 Å². The molecular weight excluding hydrogens is 440 g/mol. The highest BCUT2D eigenvalue weighted by Crippen LogP contribution is 2.20. The fourth-order valence-electron chi connectivity index (χ4n) is 2.67. The molecule has 3 rings (SSSR count). The Morgan fingerprint density at radius 1 is 0.933 bits per heavy atom. The van der Waals surface area contributed by atoms with Crippen LogP contribution in [0, 0.1) is 0 Å². The van der Waals surface area contributed by atoms with E-state index in [0.717, 1.165) is 22.1 Å². The van der Waals surface area contributed by atoms with E-state index in [2.05, 4.69) is 10.0 Å². The van der Waals surface area contributed by atoms with Gasteiger partial charge in [0.05, 0.1) is 4.90 Å². The molecule has 156 valence electrons. The molecule has 0 spiro atoms. The number of hydrogen-bond acceptors (Lipinski definition) is 4. The summed E-state index contributed by atoms with van der Waals surface area (Å²) in [6.07, 6.45) is 0. The van der Waals surface area contributed by atoms with Gasteiger partial charge >= 0.3 is 0 Å². The zero-order valence-electron chi connectivity index (χ0n) is 16.0. The van der Waals surface area contributed by atoms with Crippen LogP contribution in [-0.2, 0) is 15.8 Å². The van der Waals surface area contributed by atoms with Gasteiger partial charge in [-0.05, 0) is 42.0 Å². The van der Waals surface area contributed by atoms with Crippen molar-refractivity contribution >= 4 is 45.0 Å². The van der Waals surface area contributed by atoms with Crippen molar-refractivity contribution < 1.29 is 13.2 Å². The topological polar surface area (TPSA) is 75.3 Å². The Morgan fingerprint density at radius 2 is 1.67 bits per heavy atom. The fourth-order valence-corrected chi connectivity index (χ4v) is 4.89. The minimum atomic E-state index is -3.71. The Balaban J connectivity index is 1.51. The third kappa shape index (κ3) is 6.26. The summed E-state index contributed by atoms with van der Waals surface area (Å²) in [7, 11) is -3.71. The van der Waals surface area contributed by atoms with Gasteiger partial charge in [-0.2, -0.15) is 11.8 Å². The Hall–Kier alpha value is -2.48. The Morgan fingerprint density at radius 3 is 2.43 bits per heavy atom. The Bertz CT molecular complexity index is 1110. The predicted molar refractivity (Wildman–Crippen MR) is 124 cm³/mol. The minimum Gasteiger partial charge on any atom is -0.351 e. The van der Waals surface area contributed by atoms with E-state index in [1.165, 1.54) is 18.2 Å². The Kier molecular flexibility index (Phi) is 7.79. The predicted octanol–water partition coefficient (Wildman–Crippen LogP) is 4.80. The normalized spacial score (nSPS) is 11.1. The van der Waals surface area contributed by atoms with Crippen molar-refractivity contribution in [2.45, 2.75) is 10.6 Å². The number of nitrogens with one attached hydrogen (secondary N) is 2. The number of amides is 1. The van der Waals surface area contributed by atoms with Gasteiger partial charge in [0.1, 0.15) is 0 Å². The average molecular weight is 461 g/mol. The molecule has 0 fully saturated rings. The molecule has 0 aliphatic heterocycles. The number of thioether (sulfide) groups is 1. The summed E-state index contributed by atoms with van der Waals surface area (Å²) in [5.74, 6) is 1.25. The molecule has 3 aromatic carbocycles. The van der Waals surface area contributed by atoms with E-state index in [4.69, 9.17) is 11.6 Å². The first-order valence-electron chi connectivity index (χ1n) is 9.23. The van der Waals surface area contributed by atoms with Crippen LogP contribution in [0.2, 0.25) is 5.02 Å². The van der Waals surface area contributed by atoms with Crippen LogP contribution in [0.25, 0.3) is 0 Å². The molecule has 1 amide bonds. The number of halogens is 1. The highest BCUT2D eigenvalue weighted by Gasteiger charge is 2.14. The highest BCUT2D eigenvalue weighted by atomic mass is 35.5. The first kappa shape index (κ1) is 22.2. The SMILES string of the molecule is O=C(NCCSCc1ccccc1Cl)c1cccc(NS(=O)(=O)c2ccccc2)c1. The lowest BCUT2D eigenvalue weighted by Gasteiger charge is -2.10. The van der Waals surface area contributed by atoms with Crippen LogP contribution in [0.4, 0.5) is 5.69 Å². The monoisotopic (exact) mass is 460 g/mol. The van der Waals surface area contributed by atoms with Crippen molar-refractivity contribution in [1.82, 2.24) is 5.32 Å². The van der Waals surface area contributed by atoms with E-state index in [1.807, 2.05) is 24.3 Å². The zero-order valence-corrected chi connectivity index (χ0v) is 18.4. The molecular formula is C22H21ClN2O3S2. The van der Waals surface area contributed by atoms with Crippen molar-refractivity contribution in [2.24, 2.45) is 0 Å². The number of hydrogen-bond donors (Lipinski definition) is 2. The molecule has 0 atom stereocenters. The van der Waals surface area contributed by atoms with Crippen molar-refractivity contribution in [3.8, 4) is 0 Å². The second-order valence-electron chi connectivity index (χ2n) is 6.40. The zero-order chi connectivity index (χ0) is 21.4. The Labute approximate surface area is 185 Å². The summed E-state index contributed by atoms with van der Waals surface area (Å²) in [4.78, 5) is 12.6. The van der Waals surface area contributed by atoms with Gasteiger partial charge in [-0.25, -0.2) is 8.42 Å². The number of rotatable bonds is 9. The van der Waals surface area contributed by atoms with E-state index >= 15 is 0 Å². The molecule has 0 aliphatic carbocycles. The fraction of sp³-hybridized carbons (Fsp3) is 0.136. The van der Waals surface area contributed by atoms with Crippen LogP contribution in [0.1, 0.15) is 15.9 Å². The van der Waals surface area contributed by atoms with Crippen molar-refractivity contribution in [3.05, 3.63) is 95.0 Å². The first-order chi connectivity index (χ1) is 14.5. The van der Waals surface area contributed by atoms with Crippen molar-refractivity contribution in [2.75, 3.05) is 17.0 Å². The number of sulfonamides is 1. The highest BCUT2D eigenvalue weighted by molar-refractivity contribution is 7.98. The number of carbonyl (C=O) groups excluding carboxylic acids is 1. The maximum absolute atomic E-state index is 12.4. The molecule has 0 saturated heterocycles. The van der Waals surface area contributed by atoms with Crippen LogP contribution in [-0.4, -0.2) is 26.6 Å². The van der Waals surface area contributed by atoms with Crippen LogP contribution in [0.5, 0.6) is 0 Å². The van der Waals surface area contributed by atoms with Crippen LogP contribution < -0.4 is 10.0 Å². The van der Waals surface area contributed by atoms with Gasteiger partial charge in [0.2, 0.25) is 0 Å². The summed E-state index contributed by atoms with van der Waals surface area (Å²) in [6.45, 7) is 0.494. The summed E-state index contributed by atoms with van der Waals surface area (Å²) in [6, 6.07) is 22.2. The number of benzene rings is 3. The standard InChI is InChI=1S/C22H21ClN2O3S2/c23-21-12-5-4-7-18(21)16-29-14-13-24-22(26)17-8-6-9-19(15-17)25-30(27,28)20-10-2-1-3-11-20/h1-12,15,25H,13-14,16H2,(H,24,26). The van der Waals surface area contributed by atoms with Gasteiger partial charge < -0.3 is 5.32 Å². The third-order valence-corrected chi connectivity index (χ3v) is 6.95. The molecule has 8 heteroatoms. The molecule has 0 radical (unpaired) electrons. The average Bonchev–Trinajstić information content (AvgIpc) is 2.75. The number of carbonyl (C=O) groups is 1. The van der Waals surface area contributed by atoms with Gasteiger partial charge in [-0.3, -0.25) is 9.52 Å². The number of anilines is 1. The van der Waals surface area contributed by atoms with Crippen LogP contribution in [0.15, 0.2) is 83.8 Å². The molecule has 30 heavy (non-hydrogen) atoms. The molecule has 2 N–H and O–H groups in total. The second kappa shape index (κ2) is 10.5. The van der Waals surface area contributed by atoms with E-state index in [-0.39, 0.29) is 10.8 Å². The summed E-state index contributed by atoms with van der Waals surface area (Å²) >= 11 is 7.81. The van der Waals surface area contributed by atoms with Crippen LogP contribution in [0.3, 0.4) is 0 Å². The second-order valence-corrected chi connectivity index (χ2v) is 9.59. The maximum atomic E-state index is 12.4. The van der Waals surface area contributed by atoms with Gasteiger partial charge in [0, 0.05) is 34.3 Å². The molecule has 0 bridgehead atoms. The quantitative estimate of drug-likeness (QED) is 0.449. The van der Waals surface area contributed by atoms with Crippen LogP contribution >= 0.6 is 23.4 Å². The van der Waals surface area contributed by atoms with Crippen molar-refractivity contribution in [3.63, 3.8) is 0 Å². The lowest BCUT2D eigenvalue weighted by Crippen LogP contribution is -2.26. The maximum Gasteiger partial charge on any atom is 0.261 e. The van der Waals surface area contributed by atoms with E-state index in [9.17, 15) is 13.2 Å². The summed E-state index contributed by atoms with van der Waals surface area (Å²) in [5, 5.41) is 3.59. The molecule has 0 heterocycles. The van der Waals surface area contributed by atoms with Gasteiger partial charge in [0.25, 0.3) is 15.9 Å². The van der Waals surface area contributed by atoms with Gasteiger partial charge in [0.15, 0.2) is 0 Å². The lowest BCUT2D eigenvalue weighted by molar-refractivity contribution is 0.0956. The smallest absolute Gasteiger partial charge is 0.261 e. The van der Waals surface area contributed by atoms with E-state index in [0.29, 0.717) is 17.8 Å². The molecule has 3 aromatic rings. The minimum absolute atomic E-state index is 0.162. The molecule has 0 saturated carbocycles. The third-order valence-electron chi connectivity index (χ3n) is 4.18. The summed E-state index contributed by atoms with van der Waals surface area (Å²) in [5.41, 5.74) is 1.79. The van der Waals surface area contributed by atoms with Gasteiger partial charge in [-0.15, -0.1) is 0 Å². The molecule has 5 nitrogen and oxygen atoms in total. The molecule has 0 aliphatic rings. The van der Waals surface area contributed by atoms with Gasteiger partial charge in [-0.1, -0.05) is 54.1 Å². The van der Waals surface area contributed by atoms with E-state index in [1.54, 1.807) is 48.2 Å². The lowest BCUT2D eigenvalue weighted by atomic mass is 10.2. The summed E-state index contributed by atoms with van der Waals surface area (Å²) < 4.78 is 27.4. The largest absolute Gasteiger partial charge is 0.351 e. The molecule has 0 unspecified atom stereocenters. The molecule has 0 aromatic heterocycles. The van der Waals surface area contributed by atoms with E-state index < -0.39 is 10.0 Å². The first-order valence-corrected chi connectivity index (χ1v) is 12.2.